The van der Waals surface area contributed by atoms with Crippen LogP contribution >= 0.6 is 0 Å². The van der Waals surface area contributed by atoms with E-state index in [0.29, 0.717) is 5.56 Å². The molecule has 0 aromatic heterocycles. The molecule has 1 saturated carbocycles. The zero-order valence-electron chi connectivity index (χ0n) is 17.0. The predicted molar refractivity (Wildman–Crippen MR) is 111 cm³/mol. The van der Waals surface area contributed by atoms with Gasteiger partial charge in [0.25, 0.3) is 5.91 Å². The average molecular weight is 394 g/mol. The topological polar surface area (TPSA) is 49.4 Å². The Bertz CT molecular complexity index is 936. The molecule has 1 heterocycles. The van der Waals surface area contributed by atoms with Crippen molar-refractivity contribution in [2.24, 2.45) is 0 Å². The van der Waals surface area contributed by atoms with Gasteiger partial charge in [0.05, 0.1) is 17.1 Å². The molecule has 2 amide bonds. The maximum Gasteiger partial charge on any atom is 0.254 e. The van der Waals surface area contributed by atoms with Gasteiger partial charge in [-0.2, -0.15) is 0 Å². The van der Waals surface area contributed by atoms with Crippen LogP contribution in [-0.4, -0.2) is 28.3 Å². The van der Waals surface area contributed by atoms with Crippen LogP contribution in [0.5, 0.6) is 0 Å². The lowest BCUT2D eigenvalue weighted by Crippen LogP contribution is -2.62. The van der Waals surface area contributed by atoms with Crippen molar-refractivity contribution < 1.29 is 14.0 Å². The number of rotatable bonds is 4. The molecule has 1 spiro atoms. The van der Waals surface area contributed by atoms with Gasteiger partial charge in [-0.1, -0.05) is 50.1 Å². The van der Waals surface area contributed by atoms with E-state index in [0.717, 1.165) is 37.7 Å². The van der Waals surface area contributed by atoms with Crippen molar-refractivity contribution in [2.75, 3.05) is 5.32 Å². The number of nitrogens with zero attached hydrogens (tertiary/aromatic N) is 1. The highest BCUT2D eigenvalue weighted by molar-refractivity contribution is 6.05. The van der Waals surface area contributed by atoms with E-state index in [-0.39, 0.29) is 23.5 Å². The third kappa shape index (κ3) is 3.13. The third-order valence-corrected chi connectivity index (χ3v) is 6.63. The number of carbonyl (C=O) groups excluding carboxylic acids is 2. The second-order valence-corrected chi connectivity index (χ2v) is 8.23. The molecule has 4 rings (SSSR count). The van der Waals surface area contributed by atoms with Gasteiger partial charge in [-0.3, -0.25) is 9.59 Å². The zero-order chi connectivity index (χ0) is 20.6. The summed E-state index contributed by atoms with van der Waals surface area (Å²) in [5.41, 5.74) is 0.956. The van der Waals surface area contributed by atoms with Crippen LogP contribution in [0.15, 0.2) is 48.5 Å². The first-order valence-corrected chi connectivity index (χ1v) is 10.5. The van der Waals surface area contributed by atoms with Crippen molar-refractivity contribution in [1.29, 1.82) is 0 Å². The van der Waals surface area contributed by atoms with Gasteiger partial charge in [0.2, 0.25) is 5.91 Å². The lowest BCUT2D eigenvalue weighted by Gasteiger charge is -2.52. The van der Waals surface area contributed by atoms with E-state index in [2.05, 4.69) is 19.2 Å². The van der Waals surface area contributed by atoms with Crippen LogP contribution in [0.1, 0.15) is 67.8 Å². The Hall–Kier alpha value is -2.69. The molecule has 0 unspecified atom stereocenters. The Labute approximate surface area is 171 Å². The molecule has 1 N–H and O–H groups in total. The minimum absolute atomic E-state index is 0.00629. The molecule has 0 radical (unpaired) electrons. The molecule has 0 saturated heterocycles. The molecular formula is C24H27FN2O2. The van der Waals surface area contributed by atoms with Gasteiger partial charge in [0.15, 0.2) is 0 Å². The summed E-state index contributed by atoms with van der Waals surface area (Å²) in [5.74, 6) is -1.22. The number of fused-ring (bicyclic) bond motifs is 1. The lowest BCUT2D eigenvalue weighted by atomic mass is 9.70. The highest BCUT2D eigenvalue weighted by Gasteiger charge is 2.56. The summed E-state index contributed by atoms with van der Waals surface area (Å²) < 4.78 is 14.2. The Kier molecular flexibility index (Phi) is 5.15. The SMILES string of the molecule is CC[C@H](C)N1C(=O)c2ccccc2[C@H](C(=O)Nc2ccccc2F)C12CCCC2. The Morgan fingerprint density at radius 2 is 1.83 bits per heavy atom. The molecule has 1 fully saturated rings. The first kappa shape index (κ1) is 19.6. The normalized spacial score (nSPS) is 21.1. The van der Waals surface area contributed by atoms with E-state index < -0.39 is 17.3 Å². The number of para-hydroxylation sites is 1. The van der Waals surface area contributed by atoms with E-state index in [9.17, 15) is 14.0 Å². The number of hydrogen-bond donors (Lipinski definition) is 1. The van der Waals surface area contributed by atoms with Gasteiger partial charge in [0.1, 0.15) is 5.82 Å². The van der Waals surface area contributed by atoms with Crippen molar-refractivity contribution in [3.63, 3.8) is 0 Å². The number of amides is 2. The van der Waals surface area contributed by atoms with E-state index >= 15 is 0 Å². The molecule has 0 bridgehead atoms. The highest BCUT2D eigenvalue weighted by Crippen LogP contribution is 2.51. The summed E-state index contributed by atoms with van der Waals surface area (Å²) in [7, 11) is 0. The largest absolute Gasteiger partial charge is 0.329 e. The van der Waals surface area contributed by atoms with Crippen LogP contribution in [0.25, 0.3) is 0 Å². The molecule has 1 aliphatic carbocycles. The first-order valence-electron chi connectivity index (χ1n) is 10.5. The van der Waals surface area contributed by atoms with E-state index in [4.69, 9.17) is 0 Å². The van der Waals surface area contributed by atoms with Crippen LogP contribution in [-0.2, 0) is 4.79 Å². The quantitative estimate of drug-likeness (QED) is 0.783. The number of nitrogens with one attached hydrogen (secondary N) is 1. The van der Waals surface area contributed by atoms with E-state index in [1.54, 1.807) is 24.3 Å². The van der Waals surface area contributed by atoms with Crippen molar-refractivity contribution >= 4 is 17.5 Å². The van der Waals surface area contributed by atoms with Crippen molar-refractivity contribution in [2.45, 2.75) is 63.5 Å². The van der Waals surface area contributed by atoms with Crippen molar-refractivity contribution in [1.82, 2.24) is 4.90 Å². The van der Waals surface area contributed by atoms with Gasteiger partial charge < -0.3 is 10.2 Å². The zero-order valence-corrected chi connectivity index (χ0v) is 17.0. The molecule has 152 valence electrons. The van der Waals surface area contributed by atoms with Gasteiger partial charge >= 0.3 is 0 Å². The van der Waals surface area contributed by atoms with Gasteiger partial charge in [-0.25, -0.2) is 4.39 Å². The van der Waals surface area contributed by atoms with Crippen molar-refractivity contribution in [3.05, 3.63) is 65.5 Å². The molecule has 2 aromatic carbocycles. The number of anilines is 1. The average Bonchev–Trinajstić information content (AvgIpc) is 3.19. The fraction of sp³-hybridized carbons (Fsp3) is 0.417. The molecule has 1 aliphatic heterocycles. The highest BCUT2D eigenvalue weighted by atomic mass is 19.1. The van der Waals surface area contributed by atoms with Crippen LogP contribution in [0, 0.1) is 5.82 Å². The summed E-state index contributed by atoms with van der Waals surface area (Å²) in [5, 5.41) is 2.81. The lowest BCUT2D eigenvalue weighted by molar-refractivity contribution is -0.121. The van der Waals surface area contributed by atoms with Gasteiger partial charge in [-0.15, -0.1) is 0 Å². The Balaban J connectivity index is 1.84. The fourth-order valence-electron chi connectivity index (χ4n) is 5.20. The number of halogens is 1. The second-order valence-electron chi connectivity index (χ2n) is 8.23. The van der Waals surface area contributed by atoms with Gasteiger partial charge in [0, 0.05) is 11.6 Å². The molecular weight excluding hydrogens is 367 g/mol. The Morgan fingerprint density at radius 3 is 2.52 bits per heavy atom. The van der Waals surface area contributed by atoms with Crippen LogP contribution < -0.4 is 5.32 Å². The third-order valence-electron chi connectivity index (χ3n) is 6.63. The maximum atomic E-state index is 14.2. The number of hydrogen-bond acceptors (Lipinski definition) is 2. The minimum Gasteiger partial charge on any atom is -0.329 e. The molecule has 2 aromatic rings. The molecule has 2 atom stereocenters. The predicted octanol–water partition coefficient (Wildman–Crippen LogP) is 5.12. The molecule has 4 nitrogen and oxygen atoms in total. The van der Waals surface area contributed by atoms with Crippen molar-refractivity contribution in [3.8, 4) is 0 Å². The minimum atomic E-state index is -0.559. The smallest absolute Gasteiger partial charge is 0.254 e. The number of carbonyl (C=O) groups is 2. The first-order chi connectivity index (χ1) is 14.0. The number of benzene rings is 2. The summed E-state index contributed by atoms with van der Waals surface area (Å²) in [6.07, 6.45) is 4.34. The summed E-state index contributed by atoms with van der Waals surface area (Å²) in [4.78, 5) is 29.1. The molecule has 29 heavy (non-hydrogen) atoms. The van der Waals surface area contributed by atoms with Crippen LogP contribution in [0.2, 0.25) is 0 Å². The summed E-state index contributed by atoms with van der Waals surface area (Å²) >= 11 is 0. The molecule has 2 aliphatic rings. The van der Waals surface area contributed by atoms with E-state index in [1.165, 1.54) is 6.07 Å². The second kappa shape index (κ2) is 7.62. The summed E-state index contributed by atoms with van der Waals surface area (Å²) in [6.45, 7) is 4.12. The van der Waals surface area contributed by atoms with Gasteiger partial charge in [-0.05, 0) is 49.9 Å². The van der Waals surface area contributed by atoms with E-state index in [1.807, 2.05) is 23.1 Å². The Morgan fingerprint density at radius 1 is 1.17 bits per heavy atom. The maximum absolute atomic E-state index is 14.2. The monoisotopic (exact) mass is 394 g/mol. The standard InChI is InChI=1S/C24H27FN2O2/c1-3-16(2)27-23(29)18-11-5-4-10-17(18)21(24(27)14-8-9-15-24)22(28)26-20-13-7-6-12-19(20)25/h4-7,10-13,16,21H,3,8-9,14-15H2,1-2H3,(H,26,28)/t16-,21+/m0/s1. The molecule has 5 heteroatoms. The van der Waals surface area contributed by atoms with Crippen LogP contribution in [0.3, 0.4) is 0 Å². The van der Waals surface area contributed by atoms with Crippen LogP contribution in [0.4, 0.5) is 10.1 Å². The summed E-state index contributed by atoms with van der Waals surface area (Å²) in [6, 6.07) is 13.6. The fourth-order valence-corrected chi connectivity index (χ4v) is 5.20.